The first-order valence-corrected chi connectivity index (χ1v) is 5.29. The Labute approximate surface area is 84.9 Å². The topological polar surface area (TPSA) is 42.1 Å². The van der Waals surface area contributed by atoms with E-state index in [-0.39, 0.29) is 0 Å². The molecule has 0 radical (unpaired) electrons. The van der Waals surface area contributed by atoms with Gasteiger partial charge in [0, 0.05) is 12.6 Å². The van der Waals surface area contributed by atoms with Crippen molar-refractivity contribution < 1.29 is 0 Å². The van der Waals surface area contributed by atoms with E-state index in [2.05, 4.69) is 22.9 Å². The van der Waals surface area contributed by atoms with Crippen LogP contribution in [0.15, 0.2) is 18.3 Å². The third-order valence-corrected chi connectivity index (χ3v) is 2.55. The molecule has 0 spiro atoms. The molecule has 0 bridgehead atoms. The predicted octanol–water partition coefficient (Wildman–Crippen LogP) is 2.04. The van der Waals surface area contributed by atoms with Crippen molar-refractivity contribution in [2.45, 2.75) is 32.2 Å². The third-order valence-electron chi connectivity index (χ3n) is 2.55. The van der Waals surface area contributed by atoms with E-state index in [9.17, 15) is 0 Å². The van der Waals surface area contributed by atoms with Gasteiger partial charge in [-0.05, 0) is 31.4 Å². The standard InChI is InChI=1S/C11H17N3/c1-2-7-14(9-3-4-9)10-5-6-11(12)13-8-10/h5-6,8-9H,2-4,7H2,1H3,(H2,12,13). The minimum absolute atomic E-state index is 0.598. The molecule has 0 amide bonds. The molecule has 14 heavy (non-hydrogen) atoms. The Balaban J connectivity index is 2.13. The molecule has 0 aliphatic heterocycles. The van der Waals surface area contributed by atoms with Crippen LogP contribution in [0.2, 0.25) is 0 Å². The number of nitrogen functional groups attached to an aromatic ring is 1. The maximum absolute atomic E-state index is 5.56. The van der Waals surface area contributed by atoms with Gasteiger partial charge >= 0.3 is 0 Å². The summed E-state index contributed by atoms with van der Waals surface area (Å²) in [4.78, 5) is 6.57. The second-order valence-corrected chi connectivity index (χ2v) is 3.87. The average Bonchev–Trinajstić information content (AvgIpc) is 2.99. The number of anilines is 2. The zero-order chi connectivity index (χ0) is 9.97. The van der Waals surface area contributed by atoms with Gasteiger partial charge in [-0.3, -0.25) is 0 Å². The minimum atomic E-state index is 0.598. The Morgan fingerprint density at radius 1 is 1.50 bits per heavy atom. The molecule has 0 unspecified atom stereocenters. The van der Waals surface area contributed by atoms with Crippen LogP contribution in [-0.2, 0) is 0 Å². The lowest BCUT2D eigenvalue weighted by Crippen LogP contribution is -2.26. The summed E-state index contributed by atoms with van der Waals surface area (Å²) in [5.74, 6) is 0.598. The lowest BCUT2D eigenvalue weighted by atomic mass is 10.3. The summed E-state index contributed by atoms with van der Waals surface area (Å²) >= 11 is 0. The number of nitrogens with zero attached hydrogens (tertiary/aromatic N) is 2. The molecule has 0 saturated heterocycles. The number of rotatable bonds is 4. The first-order chi connectivity index (χ1) is 6.81. The fourth-order valence-electron chi connectivity index (χ4n) is 1.72. The first kappa shape index (κ1) is 9.31. The Morgan fingerprint density at radius 3 is 2.79 bits per heavy atom. The third kappa shape index (κ3) is 1.97. The van der Waals surface area contributed by atoms with Gasteiger partial charge in [0.1, 0.15) is 5.82 Å². The summed E-state index contributed by atoms with van der Waals surface area (Å²) < 4.78 is 0. The molecule has 1 aromatic rings. The van der Waals surface area contributed by atoms with Crippen LogP contribution in [0, 0.1) is 0 Å². The molecule has 1 saturated carbocycles. The Kier molecular flexibility index (Phi) is 2.57. The van der Waals surface area contributed by atoms with Gasteiger partial charge < -0.3 is 10.6 Å². The maximum atomic E-state index is 5.56. The van der Waals surface area contributed by atoms with E-state index < -0.39 is 0 Å². The van der Waals surface area contributed by atoms with E-state index in [1.54, 1.807) is 0 Å². The smallest absolute Gasteiger partial charge is 0.123 e. The van der Waals surface area contributed by atoms with Crippen LogP contribution in [0.4, 0.5) is 11.5 Å². The molecule has 3 heteroatoms. The fourth-order valence-corrected chi connectivity index (χ4v) is 1.72. The van der Waals surface area contributed by atoms with Crippen LogP contribution in [0.25, 0.3) is 0 Å². The lowest BCUT2D eigenvalue weighted by molar-refractivity contribution is 0.761. The maximum Gasteiger partial charge on any atom is 0.123 e. The van der Waals surface area contributed by atoms with Crippen molar-refractivity contribution in [3.05, 3.63) is 18.3 Å². The summed E-state index contributed by atoms with van der Waals surface area (Å²) in [6, 6.07) is 4.69. The molecule has 2 N–H and O–H groups in total. The monoisotopic (exact) mass is 191 g/mol. The molecule has 0 atom stereocenters. The minimum Gasteiger partial charge on any atom is -0.384 e. The zero-order valence-electron chi connectivity index (χ0n) is 8.61. The van der Waals surface area contributed by atoms with Crippen molar-refractivity contribution in [2.24, 2.45) is 0 Å². The second-order valence-electron chi connectivity index (χ2n) is 3.87. The van der Waals surface area contributed by atoms with Crippen molar-refractivity contribution in [2.75, 3.05) is 17.2 Å². The van der Waals surface area contributed by atoms with Gasteiger partial charge in [-0.25, -0.2) is 4.98 Å². The zero-order valence-corrected chi connectivity index (χ0v) is 8.61. The van der Waals surface area contributed by atoms with E-state index in [0.29, 0.717) is 5.82 Å². The quantitative estimate of drug-likeness (QED) is 0.792. The van der Waals surface area contributed by atoms with Crippen molar-refractivity contribution in [3.63, 3.8) is 0 Å². The second kappa shape index (κ2) is 3.86. The van der Waals surface area contributed by atoms with Crippen molar-refractivity contribution >= 4 is 11.5 Å². The van der Waals surface area contributed by atoms with Gasteiger partial charge in [0.25, 0.3) is 0 Å². The summed E-state index contributed by atoms with van der Waals surface area (Å²) in [6.07, 6.45) is 5.71. The number of aromatic nitrogens is 1. The highest BCUT2D eigenvalue weighted by atomic mass is 15.2. The molecular weight excluding hydrogens is 174 g/mol. The van der Waals surface area contributed by atoms with E-state index >= 15 is 0 Å². The largest absolute Gasteiger partial charge is 0.384 e. The molecule has 76 valence electrons. The van der Waals surface area contributed by atoms with Gasteiger partial charge in [0.15, 0.2) is 0 Å². The molecule has 1 aliphatic rings. The summed E-state index contributed by atoms with van der Waals surface area (Å²) in [6.45, 7) is 3.33. The molecule has 2 rings (SSSR count). The Hall–Kier alpha value is -1.25. The molecule has 3 nitrogen and oxygen atoms in total. The van der Waals surface area contributed by atoms with Crippen LogP contribution in [0.3, 0.4) is 0 Å². The lowest BCUT2D eigenvalue weighted by Gasteiger charge is -2.23. The highest BCUT2D eigenvalue weighted by Crippen LogP contribution is 2.31. The van der Waals surface area contributed by atoms with Gasteiger partial charge in [-0.15, -0.1) is 0 Å². The number of pyridine rings is 1. The van der Waals surface area contributed by atoms with Crippen LogP contribution in [-0.4, -0.2) is 17.6 Å². The van der Waals surface area contributed by atoms with Crippen LogP contribution in [0.1, 0.15) is 26.2 Å². The summed E-state index contributed by atoms with van der Waals surface area (Å²) in [5, 5.41) is 0. The molecule has 1 heterocycles. The number of hydrogen-bond acceptors (Lipinski definition) is 3. The normalized spacial score (nSPS) is 15.5. The summed E-state index contributed by atoms with van der Waals surface area (Å²) in [7, 11) is 0. The highest BCUT2D eigenvalue weighted by Gasteiger charge is 2.28. The number of nitrogens with two attached hydrogens (primary N) is 1. The van der Waals surface area contributed by atoms with Gasteiger partial charge in [0.05, 0.1) is 11.9 Å². The van der Waals surface area contributed by atoms with Gasteiger partial charge in [-0.1, -0.05) is 6.92 Å². The Bertz CT molecular complexity index is 290. The molecule has 1 fully saturated rings. The Morgan fingerprint density at radius 2 is 2.29 bits per heavy atom. The average molecular weight is 191 g/mol. The van der Waals surface area contributed by atoms with Gasteiger partial charge in [-0.2, -0.15) is 0 Å². The highest BCUT2D eigenvalue weighted by molar-refractivity contribution is 5.49. The molecule has 1 aromatic heterocycles. The van der Waals surface area contributed by atoms with Crippen molar-refractivity contribution in [1.82, 2.24) is 4.98 Å². The fraction of sp³-hybridized carbons (Fsp3) is 0.545. The van der Waals surface area contributed by atoms with Crippen molar-refractivity contribution in [1.29, 1.82) is 0 Å². The first-order valence-electron chi connectivity index (χ1n) is 5.29. The summed E-state index contributed by atoms with van der Waals surface area (Å²) in [5.41, 5.74) is 6.77. The van der Waals surface area contributed by atoms with Crippen LogP contribution >= 0.6 is 0 Å². The predicted molar refractivity (Wildman–Crippen MR) is 59.3 cm³/mol. The van der Waals surface area contributed by atoms with Gasteiger partial charge in [0.2, 0.25) is 0 Å². The molecular formula is C11H17N3. The van der Waals surface area contributed by atoms with Crippen LogP contribution in [0.5, 0.6) is 0 Å². The van der Waals surface area contributed by atoms with E-state index in [4.69, 9.17) is 5.73 Å². The number of hydrogen-bond donors (Lipinski definition) is 1. The van der Waals surface area contributed by atoms with Crippen LogP contribution < -0.4 is 10.6 Å². The van der Waals surface area contributed by atoms with E-state index in [1.807, 2.05) is 12.3 Å². The SMILES string of the molecule is CCCN(c1ccc(N)nc1)C1CC1. The van der Waals surface area contributed by atoms with E-state index in [0.717, 1.165) is 12.6 Å². The molecule has 0 aromatic carbocycles. The van der Waals surface area contributed by atoms with Crippen molar-refractivity contribution in [3.8, 4) is 0 Å². The molecule has 1 aliphatic carbocycles. The van der Waals surface area contributed by atoms with E-state index in [1.165, 1.54) is 24.9 Å².